The molecule has 0 saturated heterocycles. The Morgan fingerprint density at radius 2 is 0.885 bits per heavy atom. The molecule has 0 aliphatic heterocycles. The Morgan fingerprint density at radius 3 is 1.64 bits per heavy atom. The van der Waals surface area contributed by atoms with Gasteiger partial charge in [0.05, 0.1) is 16.6 Å². The van der Waals surface area contributed by atoms with Crippen LogP contribution in [0, 0.1) is 20.8 Å². The Bertz CT molecular complexity index is 3850. The van der Waals surface area contributed by atoms with Crippen molar-refractivity contribution < 1.29 is 4.42 Å². The SMILES string of the molecule is Cc1ccccc1.Cc1ccccc1-c1cc(-c2cc3c4ccccc4n4c5ccc(-c6ccc7oc8c9ccccc9c9ccccc9c8c7c6)cc5c(c2)c34)ccc1C. The molecule has 0 aliphatic rings. The highest BCUT2D eigenvalue weighted by molar-refractivity contribution is 6.30. The molecule has 13 aromatic rings. The summed E-state index contributed by atoms with van der Waals surface area (Å²) >= 11 is 0. The molecule has 0 fully saturated rings. The smallest absolute Gasteiger partial charge is 0.143 e. The Labute approximate surface area is 353 Å². The van der Waals surface area contributed by atoms with Crippen LogP contribution in [0.2, 0.25) is 0 Å². The second-order valence-electron chi connectivity index (χ2n) is 16.6. The van der Waals surface area contributed by atoms with E-state index in [0.717, 1.165) is 21.9 Å². The molecule has 13 rings (SSSR count). The normalized spacial score (nSPS) is 11.9. The fourth-order valence-corrected chi connectivity index (χ4v) is 9.93. The number of furan rings is 1. The Morgan fingerprint density at radius 1 is 0.344 bits per heavy atom. The van der Waals surface area contributed by atoms with Gasteiger partial charge >= 0.3 is 0 Å². The molecule has 0 bridgehead atoms. The number of aryl methyl sites for hydroxylation is 3. The van der Waals surface area contributed by atoms with Crippen molar-refractivity contribution in [1.82, 2.24) is 4.40 Å². The zero-order valence-corrected chi connectivity index (χ0v) is 34.3. The average molecular weight is 780 g/mol. The number of rotatable bonds is 3. The first-order chi connectivity index (χ1) is 30.0. The Kier molecular flexibility index (Phi) is 7.92. The van der Waals surface area contributed by atoms with E-state index in [1.807, 2.05) is 18.2 Å². The molecule has 0 aliphatic carbocycles. The van der Waals surface area contributed by atoms with Crippen LogP contribution in [-0.2, 0) is 0 Å². The van der Waals surface area contributed by atoms with Crippen LogP contribution in [0.5, 0.6) is 0 Å². The van der Waals surface area contributed by atoms with Crippen molar-refractivity contribution in [2.24, 2.45) is 0 Å². The van der Waals surface area contributed by atoms with Gasteiger partial charge in [-0.3, -0.25) is 0 Å². The van der Waals surface area contributed by atoms with Crippen LogP contribution in [-0.4, -0.2) is 4.40 Å². The molecule has 3 heterocycles. The maximum Gasteiger partial charge on any atom is 0.143 e. The van der Waals surface area contributed by atoms with Gasteiger partial charge in [-0.15, -0.1) is 0 Å². The standard InChI is InChI=1S/C52H33NO.C7H8/c1-30-11-3-4-12-36(30)42-25-34(20-19-31(42)2)35-28-44-39-15-9-10-18-47(39)53-48-23-21-32(26-43(48)45(29-35)51(44)53)33-22-24-49-46(27-33)50-40-16-7-5-13-37(40)38-14-6-8-17-41(38)52(50)54-49;1-7-5-3-2-4-6-7/h3-29H,1-2H3;2-6H,1H3. The van der Waals surface area contributed by atoms with Crippen molar-refractivity contribution in [2.45, 2.75) is 20.8 Å². The van der Waals surface area contributed by atoms with Gasteiger partial charge < -0.3 is 8.82 Å². The van der Waals surface area contributed by atoms with E-state index in [1.54, 1.807) is 0 Å². The summed E-state index contributed by atoms with van der Waals surface area (Å²) in [6.07, 6.45) is 0. The maximum atomic E-state index is 6.65. The van der Waals surface area contributed by atoms with Gasteiger partial charge in [-0.05, 0) is 130 Å². The molecule has 0 atom stereocenters. The zero-order valence-electron chi connectivity index (χ0n) is 34.3. The molecule has 0 amide bonds. The lowest BCUT2D eigenvalue weighted by molar-refractivity contribution is 0.673. The summed E-state index contributed by atoms with van der Waals surface area (Å²) in [7, 11) is 0. The molecule has 2 heteroatoms. The highest BCUT2D eigenvalue weighted by Gasteiger charge is 2.21. The van der Waals surface area contributed by atoms with Crippen LogP contribution in [0.1, 0.15) is 16.7 Å². The van der Waals surface area contributed by atoms with Gasteiger partial charge in [0.1, 0.15) is 11.2 Å². The zero-order chi connectivity index (χ0) is 40.8. The minimum absolute atomic E-state index is 0.913. The highest BCUT2D eigenvalue weighted by Crippen LogP contribution is 2.45. The van der Waals surface area contributed by atoms with Gasteiger partial charge in [-0.25, -0.2) is 0 Å². The van der Waals surface area contributed by atoms with Crippen LogP contribution in [0.25, 0.3) is 115 Å². The largest absolute Gasteiger partial charge is 0.455 e. The lowest BCUT2D eigenvalue weighted by Gasteiger charge is -2.12. The van der Waals surface area contributed by atoms with Gasteiger partial charge in [0.25, 0.3) is 0 Å². The lowest BCUT2D eigenvalue weighted by atomic mass is 9.92. The lowest BCUT2D eigenvalue weighted by Crippen LogP contribution is -1.88. The number of hydrogen-bond acceptors (Lipinski definition) is 1. The van der Waals surface area contributed by atoms with Gasteiger partial charge in [0.2, 0.25) is 0 Å². The maximum absolute atomic E-state index is 6.65. The molecule has 0 N–H and O–H groups in total. The summed E-state index contributed by atoms with van der Waals surface area (Å²) < 4.78 is 9.13. The summed E-state index contributed by atoms with van der Waals surface area (Å²) in [5.74, 6) is 0. The topological polar surface area (TPSA) is 17.6 Å². The van der Waals surface area contributed by atoms with E-state index >= 15 is 0 Å². The average Bonchev–Trinajstić information content (AvgIpc) is 3.97. The second-order valence-corrected chi connectivity index (χ2v) is 16.6. The Balaban J connectivity index is 0.000000521. The van der Waals surface area contributed by atoms with E-state index < -0.39 is 0 Å². The van der Waals surface area contributed by atoms with Crippen molar-refractivity contribution in [2.75, 3.05) is 0 Å². The molecule has 288 valence electrons. The first kappa shape index (κ1) is 35.3. The summed E-state index contributed by atoms with van der Waals surface area (Å²) in [5, 5.41) is 12.3. The summed E-state index contributed by atoms with van der Waals surface area (Å²) in [6.45, 7) is 6.50. The quantitative estimate of drug-likeness (QED) is 0.163. The van der Waals surface area contributed by atoms with Gasteiger partial charge in [-0.1, -0.05) is 151 Å². The van der Waals surface area contributed by atoms with E-state index in [0.29, 0.717) is 0 Å². The molecule has 10 aromatic carbocycles. The predicted molar refractivity (Wildman–Crippen MR) is 260 cm³/mol. The van der Waals surface area contributed by atoms with E-state index in [9.17, 15) is 0 Å². The van der Waals surface area contributed by atoms with E-state index in [1.165, 1.54) is 110 Å². The molecular formula is C59H41NO. The van der Waals surface area contributed by atoms with Crippen molar-refractivity contribution in [3.63, 3.8) is 0 Å². The first-order valence-electron chi connectivity index (χ1n) is 21.2. The van der Waals surface area contributed by atoms with E-state index in [-0.39, 0.29) is 0 Å². The molecule has 3 aromatic heterocycles. The Hall–Kier alpha value is -7.68. The number of benzene rings is 10. The number of fused-ring (bicyclic) bond motifs is 14. The third-order valence-corrected chi connectivity index (χ3v) is 12.9. The monoisotopic (exact) mass is 779 g/mol. The van der Waals surface area contributed by atoms with Gasteiger partial charge in [0, 0.05) is 37.7 Å². The highest BCUT2D eigenvalue weighted by atomic mass is 16.3. The summed E-state index contributed by atoms with van der Waals surface area (Å²) in [5.41, 5.74) is 16.9. The third-order valence-electron chi connectivity index (χ3n) is 12.9. The molecule has 61 heavy (non-hydrogen) atoms. The molecule has 0 spiro atoms. The van der Waals surface area contributed by atoms with Gasteiger partial charge in [-0.2, -0.15) is 0 Å². The van der Waals surface area contributed by atoms with Gasteiger partial charge in [0.15, 0.2) is 0 Å². The predicted octanol–water partition coefficient (Wildman–Crippen LogP) is 16.7. The molecule has 0 radical (unpaired) electrons. The summed E-state index contributed by atoms with van der Waals surface area (Å²) in [4.78, 5) is 0. The van der Waals surface area contributed by atoms with Crippen molar-refractivity contribution >= 4 is 81.6 Å². The molecular weight excluding hydrogens is 739 g/mol. The van der Waals surface area contributed by atoms with Crippen LogP contribution >= 0.6 is 0 Å². The number of hydrogen-bond donors (Lipinski definition) is 0. The number of para-hydroxylation sites is 1. The van der Waals surface area contributed by atoms with Crippen molar-refractivity contribution in [3.8, 4) is 33.4 Å². The van der Waals surface area contributed by atoms with E-state index in [2.05, 4.69) is 201 Å². The minimum atomic E-state index is 0.913. The molecule has 2 nitrogen and oxygen atoms in total. The third kappa shape index (κ3) is 5.49. The summed E-state index contributed by atoms with van der Waals surface area (Å²) in [6, 6.07) is 70.6. The van der Waals surface area contributed by atoms with Crippen LogP contribution in [0.4, 0.5) is 0 Å². The second kappa shape index (κ2) is 13.7. The van der Waals surface area contributed by atoms with Crippen LogP contribution < -0.4 is 0 Å². The van der Waals surface area contributed by atoms with Crippen molar-refractivity contribution in [1.29, 1.82) is 0 Å². The minimum Gasteiger partial charge on any atom is -0.455 e. The first-order valence-corrected chi connectivity index (χ1v) is 21.2. The number of nitrogens with zero attached hydrogens (tertiary/aromatic N) is 1. The number of aromatic nitrogens is 1. The van der Waals surface area contributed by atoms with Crippen LogP contribution in [0.15, 0.2) is 199 Å². The van der Waals surface area contributed by atoms with E-state index in [4.69, 9.17) is 4.42 Å². The fourth-order valence-electron chi connectivity index (χ4n) is 9.93. The fraction of sp³-hybridized carbons (Fsp3) is 0.0508. The van der Waals surface area contributed by atoms with Crippen molar-refractivity contribution in [3.05, 3.63) is 211 Å². The molecule has 0 unspecified atom stereocenters. The molecule has 0 saturated carbocycles. The van der Waals surface area contributed by atoms with Crippen LogP contribution in [0.3, 0.4) is 0 Å².